The fourth-order valence-corrected chi connectivity index (χ4v) is 2.87. The van der Waals surface area contributed by atoms with Crippen LogP contribution in [-0.2, 0) is 0 Å². The van der Waals surface area contributed by atoms with Crippen molar-refractivity contribution in [2.75, 3.05) is 6.26 Å². The minimum Gasteiger partial charge on any atom is -0.266 e. The van der Waals surface area contributed by atoms with Crippen LogP contribution in [0.4, 0.5) is 0 Å². The van der Waals surface area contributed by atoms with Gasteiger partial charge in [-0.3, -0.25) is 4.79 Å². The van der Waals surface area contributed by atoms with E-state index >= 15 is 0 Å². The summed E-state index contributed by atoms with van der Waals surface area (Å²) in [4.78, 5) is 21.3. The third-order valence-corrected chi connectivity index (χ3v) is 4.16. The largest absolute Gasteiger partial charge is 0.290 e. The first-order valence-electron chi connectivity index (χ1n) is 5.24. The van der Waals surface area contributed by atoms with Crippen LogP contribution in [0, 0.1) is 0 Å². The summed E-state index contributed by atoms with van der Waals surface area (Å²) >= 11 is 8.78. The van der Waals surface area contributed by atoms with E-state index in [1.807, 2.05) is 17.7 Å². The van der Waals surface area contributed by atoms with Crippen LogP contribution >= 0.6 is 34.7 Å². The average Bonchev–Trinajstić information content (AvgIpc) is 3.07. The number of aromatic nitrogens is 4. The van der Waals surface area contributed by atoms with Crippen LogP contribution < -0.4 is 0 Å². The van der Waals surface area contributed by atoms with Gasteiger partial charge in [-0.25, -0.2) is 9.97 Å². The Labute approximate surface area is 121 Å². The molecule has 0 saturated carbocycles. The highest BCUT2D eigenvalue weighted by atomic mass is 35.5. The molecule has 0 bridgehead atoms. The third kappa shape index (κ3) is 2.13. The molecule has 0 amide bonds. The fourth-order valence-electron chi connectivity index (χ4n) is 1.60. The van der Waals surface area contributed by atoms with E-state index in [1.54, 1.807) is 6.07 Å². The lowest BCUT2D eigenvalue weighted by molar-refractivity contribution is 0.0954. The fraction of sp³-hybridized carbons (Fsp3) is 0.0909. The van der Waals surface area contributed by atoms with E-state index in [-0.39, 0.29) is 5.91 Å². The van der Waals surface area contributed by atoms with Crippen molar-refractivity contribution in [3.63, 3.8) is 0 Å². The van der Waals surface area contributed by atoms with Gasteiger partial charge in [0, 0.05) is 0 Å². The van der Waals surface area contributed by atoms with Crippen molar-refractivity contribution in [1.29, 1.82) is 0 Å². The number of carbonyl (C=O) groups is 1. The number of thioether (sulfide) groups is 1. The molecule has 0 saturated heterocycles. The van der Waals surface area contributed by atoms with Gasteiger partial charge in [-0.1, -0.05) is 29.4 Å². The highest BCUT2D eigenvalue weighted by molar-refractivity contribution is 7.98. The third-order valence-electron chi connectivity index (χ3n) is 2.47. The minimum absolute atomic E-state index is 0.216. The molecule has 0 aliphatic heterocycles. The molecule has 3 rings (SSSR count). The molecule has 0 spiro atoms. The monoisotopic (exact) mass is 310 g/mol. The summed E-state index contributed by atoms with van der Waals surface area (Å²) < 4.78 is 1.26. The Bertz CT molecular complexity index is 753. The SMILES string of the molecule is CSc1nc(Cl)c2cnn(C(=O)c3cccs3)c2n1. The van der Waals surface area contributed by atoms with E-state index in [0.717, 1.165) is 0 Å². The summed E-state index contributed by atoms with van der Waals surface area (Å²) in [6.07, 6.45) is 3.35. The Morgan fingerprint density at radius 3 is 3.00 bits per heavy atom. The first kappa shape index (κ1) is 12.6. The van der Waals surface area contributed by atoms with Crippen LogP contribution in [0.15, 0.2) is 28.9 Å². The van der Waals surface area contributed by atoms with Crippen molar-refractivity contribution in [3.8, 4) is 0 Å². The second kappa shape index (κ2) is 4.92. The predicted molar refractivity (Wildman–Crippen MR) is 76.2 cm³/mol. The molecule has 0 aromatic carbocycles. The molecule has 19 heavy (non-hydrogen) atoms. The van der Waals surface area contributed by atoms with E-state index in [1.165, 1.54) is 34.0 Å². The van der Waals surface area contributed by atoms with Gasteiger partial charge in [0.2, 0.25) is 0 Å². The van der Waals surface area contributed by atoms with E-state index in [2.05, 4.69) is 15.1 Å². The second-order valence-corrected chi connectivity index (χ2v) is 5.66. The van der Waals surface area contributed by atoms with Gasteiger partial charge in [0.05, 0.1) is 16.5 Å². The number of thiophene rings is 1. The van der Waals surface area contributed by atoms with Crippen LogP contribution in [0.3, 0.4) is 0 Å². The lowest BCUT2D eigenvalue weighted by atomic mass is 10.4. The lowest BCUT2D eigenvalue weighted by Crippen LogP contribution is -2.12. The molecule has 8 heteroatoms. The second-order valence-electron chi connectivity index (χ2n) is 3.58. The molecule has 0 aliphatic rings. The van der Waals surface area contributed by atoms with Crippen LogP contribution in [0.2, 0.25) is 5.15 Å². The van der Waals surface area contributed by atoms with Gasteiger partial charge >= 0.3 is 0 Å². The van der Waals surface area contributed by atoms with Crippen molar-refractivity contribution in [2.45, 2.75) is 5.16 Å². The maximum absolute atomic E-state index is 12.3. The van der Waals surface area contributed by atoms with E-state index in [0.29, 0.717) is 26.2 Å². The normalized spacial score (nSPS) is 11.1. The van der Waals surface area contributed by atoms with Gasteiger partial charge in [-0.2, -0.15) is 9.78 Å². The van der Waals surface area contributed by atoms with Crippen LogP contribution in [-0.4, -0.2) is 31.9 Å². The number of carbonyl (C=O) groups excluding carboxylic acids is 1. The zero-order chi connectivity index (χ0) is 13.4. The minimum atomic E-state index is -0.216. The summed E-state index contributed by atoms with van der Waals surface area (Å²) in [6.45, 7) is 0. The number of fused-ring (bicyclic) bond motifs is 1. The summed E-state index contributed by atoms with van der Waals surface area (Å²) in [5.74, 6) is -0.216. The maximum Gasteiger partial charge on any atom is 0.290 e. The van der Waals surface area contributed by atoms with Crippen molar-refractivity contribution >= 4 is 51.6 Å². The predicted octanol–water partition coefficient (Wildman–Crippen LogP) is 2.95. The number of hydrogen-bond donors (Lipinski definition) is 0. The van der Waals surface area contributed by atoms with Crippen molar-refractivity contribution in [1.82, 2.24) is 19.7 Å². The van der Waals surface area contributed by atoms with Gasteiger partial charge in [-0.15, -0.1) is 11.3 Å². The smallest absolute Gasteiger partial charge is 0.266 e. The maximum atomic E-state index is 12.3. The van der Waals surface area contributed by atoms with Gasteiger partial charge in [-0.05, 0) is 17.7 Å². The molecule has 0 unspecified atom stereocenters. The first-order chi connectivity index (χ1) is 9.20. The van der Waals surface area contributed by atoms with E-state index in [4.69, 9.17) is 11.6 Å². The highest BCUT2D eigenvalue weighted by Crippen LogP contribution is 2.24. The molecular weight excluding hydrogens is 304 g/mol. The molecule has 0 radical (unpaired) electrons. The molecule has 5 nitrogen and oxygen atoms in total. The topological polar surface area (TPSA) is 60.7 Å². The van der Waals surface area contributed by atoms with Gasteiger partial charge in [0.25, 0.3) is 5.91 Å². The number of nitrogens with zero attached hydrogens (tertiary/aromatic N) is 4. The Hall–Kier alpha value is -1.44. The first-order valence-corrected chi connectivity index (χ1v) is 7.72. The average molecular weight is 311 g/mol. The van der Waals surface area contributed by atoms with Gasteiger partial charge < -0.3 is 0 Å². The van der Waals surface area contributed by atoms with E-state index in [9.17, 15) is 4.79 Å². The Morgan fingerprint density at radius 2 is 2.32 bits per heavy atom. The standard InChI is InChI=1S/C11H7ClN4OS2/c1-18-11-14-8(12)6-5-13-16(9(6)15-11)10(17)7-3-2-4-19-7/h2-5H,1H3. The summed E-state index contributed by atoms with van der Waals surface area (Å²) in [7, 11) is 0. The van der Waals surface area contributed by atoms with Gasteiger partial charge in [0.1, 0.15) is 5.15 Å². The Morgan fingerprint density at radius 1 is 1.47 bits per heavy atom. The molecule has 96 valence electrons. The molecule has 3 heterocycles. The summed E-state index contributed by atoms with van der Waals surface area (Å²) in [5.41, 5.74) is 0.433. The van der Waals surface area contributed by atoms with Crippen LogP contribution in [0.1, 0.15) is 9.67 Å². The molecule has 3 aromatic rings. The molecular formula is C11H7ClN4OS2. The molecule has 0 atom stereocenters. The summed E-state index contributed by atoms with van der Waals surface area (Å²) in [5, 5.41) is 7.30. The number of hydrogen-bond acceptors (Lipinski definition) is 6. The molecule has 3 aromatic heterocycles. The molecule has 0 fully saturated rings. The zero-order valence-corrected chi connectivity index (χ0v) is 12.1. The van der Waals surface area contributed by atoms with Crippen LogP contribution in [0.25, 0.3) is 11.0 Å². The Balaban J connectivity index is 2.20. The van der Waals surface area contributed by atoms with Crippen LogP contribution in [0.5, 0.6) is 0 Å². The number of rotatable bonds is 2. The van der Waals surface area contributed by atoms with Gasteiger partial charge in [0.15, 0.2) is 10.8 Å². The quantitative estimate of drug-likeness (QED) is 0.414. The van der Waals surface area contributed by atoms with Crippen molar-refractivity contribution in [2.24, 2.45) is 0 Å². The summed E-state index contributed by atoms with van der Waals surface area (Å²) in [6, 6.07) is 3.57. The lowest BCUT2D eigenvalue weighted by Gasteiger charge is -2.01. The highest BCUT2D eigenvalue weighted by Gasteiger charge is 2.17. The Kier molecular flexibility index (Phi) is 3.26. The molecule has 0 aliphatic carbocycles. The molecule has 0 N–H and O–H groups in total. The van der Waals surface area contributed by atoms with Crippen molar-refractivity contribution < 1.29 is 4.79 Å². The number of halogens is 1. The van der Waals surface area contributed by atoms with E-state index < -0.39 is 0 Å². The van der Waals surface area contributed by atoms with Crippen molar-refractivity contribution in [3.05, 3.63) is 33.7 Å². The zero-order valence-electron chi connectivity index (χ0n) is 9.70.